The molecule has 4 aromatic rings. The number of aromatic nitrogens is 1. The Balaban J connectivity index is 1.67. The Hall–Kier alpha value is -2.98. The number of thiazole rings is 1. The van der Waals surface area contributed by atoms with Gasteiger partial charge in [-0.2, -0.15) is 0 Å². The smallest absolute Gasteiger partial charge is 0.233 e. The summed E-state index contributed by atoms with van der Waals surface area (Å²) >= 11 is 1.67. The predicted molar refractivity (Wildman–Crippen MR) is 120 cm³/mol. The number of amides is 1. The van der Waals surface area contributed by atoms with Gasteiger partial charge in [-0.25, -0.2) is 4.98 Å². The SMILES string of the molecule is CN(Cc1ccccc1)C(=O)C(C)(Cc1nc2ccccc2s1)c1ccccc1. The fourth-order valence-electron chi connectivity index (χ4n) is 3.76. The lowest BCUT2D eigenvalue weighted by Gasteiger charge is -2.33. The molecule has 4 rings (SSSR count). The first-order chi connectivity index (χ1) is 14.1. The number of likely N-dealkylation sites (N-methyl/N-ethyl adjacent to an activating group) is 1. The van der Waals surface area contributed by atoms with Crippen molar-refractivity contribution in [3.8, 4) is 0 Å². The number of hydrogen-bond donors (Lipinski definition) is 0. The zero-order valence-electron chi connectivity index (χ0n) is 16.7. The van der Waals surface area contributed by atoms with Crippen molar-refractivity contribution in [2.75, 3.05) is 7.05 Å². The lowest BCUT2D eigenvalue weighted by atomic mass is 9.78. The van der Waals surface area contributed by atoms with Crippen LogP contribution in [0.1, 0.15) is 23.1 Å². The van der Waals surface area contributed by atoms with Crippen LogP contribution in [0.25, 0.3) is 10.2 Å². The van der Waals surface area contributed by atoms with Crippen LogP contribution in [0.4, 0.5) is 0 Å². The molecule has 0 N–H and O–H groups in total. The molecule has 1 amide bonds. The molecule has 1 aromatic heterocycles. The minimum Gasteiger partial charge on any atom is -0.341 e. The first-order valence-electron chi connectivity index (χ1n) is 9.76. The van der Waals surface area contributed by atoms with Crippen LogP contribution in [0, 0.1) is 0 Å². The van der Waals surface area contributed by atoms with Gasteiger partial charge in [0.15, 0.2) is 0 Å². The number of benzene rings is 3. The number of fused-ring (bicyclic) bond motifs is 1. The summed E-state index contributed by atoms with van der Waals surface area (Å²) in [6.45, 7) is 2.63. The maximum atomic E-state index is 13.7. The molecule has 0 aliphatic carbocycles. The van der Waals surface area contributed by atoms with Crippen molar-refractivity contribution in [2.24, 2.45) is 0 Å². The standard InChI is InChI=1S/C25H24N2OS/c1-25(20-13-7-4-8-14-20,17-23-26-21-15-9-10-16-22(21)29-23)24(28)27(2)18-19-11-5-3-6-12-19/h3-16H,17-18H2,1-2H3. The van der Waals surface area contributed by atoms with Crippen LogP contribution >= 0.6 is 11.3 Å². The molecule has 0 bridgehead atoms. The van der Waals surface area contributed by atoms with Gasteiger partial charge in [0.05, 0.1) is 20.6 Å². The van der Waals surface area contributed by atoms with Crippen molar-refractivity contribution < 1.29 is 4.79 Å². The summed E-state index contributed by atoms with van der Waals surface area (Å²) in [6, 6.07) is 28.3. The zero-order valence-corrected chi connectivity index (χ0v) is 17.5. The van der Waals surface area contributed by atoms with Gasteiger partial charge >= 0.3 is 0 Å². The summed E-state index contributed by atoms with van der Waals surface area (Å²) < 4.78 is 1.16. The molecule has 0 aliphatic heterocycles. The molecule has 0 fully saturated rings. The van der Waals surface area contributed by atoms with Gasteiger partial charge in [0.2, 0.25) is 5.91 Å². The molecule has 1 atom stereocenters. The maximum absolute atomic E-state index is 13.7. The summed E-state index contributed by atoms with van der Waals surface area (Å²) in [4.78, 5) is 20.3. The minimum absolute atomic E-state index is 0.104. The second-order valence-electron chi connectivity index (χ2n) is 7.60. The lowest BCUT2D eigenvalue weighted by Crippen LogP contribution is -2.44. The van der Waals surface area contributed by atoms with Crippen LogP contribution in [0.5, 0.6) is 0 Å². The van der Waals surface area contributed by atoms with Gasteiger partial charge < -0.3 is 4.90 Å². The van der Waals surface area contributed by atoms with Crippen LogP contribution in [0.2, 0.25) is 0 Å². The van der Waals surface area contributed by atoms with E-state index in [1.54, 1.807) is 11.3 Å². The van der Waals surface area contributed by atoms with E-state index in [4.69, 9.17) is 4.98 Å². The third-order valence-electron chi connectivity index (χ3n) is 5.34. The van der Waals surface area contributed by atoms with E-state index in [0.717, 1.165) is 26.4 Å². The van der Waals surface area contributed by atoms with Crippen molar-refractivity contribution in [3.63, 3.8) is 0 Å². The fourth-order valence-corrected chi connectivity index (χ4v) is 4.88. The molecule has 146 valence electrons. The lowest BCUT2D eigenvalue weighted by molar-refractivity contribution is -0.136. The molecule has 3 aromatic carbocycles. The van der Waals surface area contributed by atoms with Gasteiger partial charge in [-0.15, -0.1) is 11.3 Å². The Bertz CT molecular complexity index is 1070. The summed E-state index contributed by atoms with van der Waals surface area (Å²) in [5.74, 6) is 0.104. The summed E-state index contributed by atoms with van der Waals surface area (Å²) in [5, 5.41) is 0.985. The van der Waals surface area contributed by atoms with E-state index in [2.05, 4.69) is 18.2 Å². The molecule has 0 aliphatic rings. The summed E-state index contributed by atoms with van der Waals surface area (Å²) in [5.41, 5.74) is 2.45. The minimum atomic E-state index is -0.682. The van der Waals surface area contributed by atoms with E-state index in [1.165, 1.54) is 0 Å². The van der Waals surface area contributed by atoms with Crippen LogP contribution in [0.15, 0.2) is 84.9 Å². The average molecular weight is 401 g/mol. The van der Waals surface area contributed by atoms with Gasteiger partial charge in [-0.3, -0.25) is 4.79 Å². The second-order valence-corrected chi connectivity index (χ2v) is 8.71. The average Bonchev–Trinajstić information content (AvgIpc) is 3.16. The molecule has 1 unspecified atom stereocenters. The van der Waals surface area contributed by atoms with Crippen LogP contribution in [-0.2, 0) is 23.2 Å². The monoisotopic (exact) mass is 400 g/mol. The van der Waals surface area contributed by atoms with E-state index >= 15 is 0 Å². The number of para-hydroxylation sites is 1. The molecule has 3 nitrogen and oxygen atoms in total. The van der Waals surface area contributed by atoms with Gasteiger partial charge in [0.25, 0.3) is 0 Å². The number of carbonyl (C=O) groups excluding carboxylic acids is 1. The first kappa shape index (κ1) is 19.3. The van der Waals surface area contributed by atoms with Gasteiger partial charge in [0, 0.05) is 20.0 Å². The third-order valence-corrected chi connectivity index (χ3v) is 6.37. The quantitative estimate of drug-likeness (QED) is 0.431. The Morgan fingerprint density at radius 1 is 0.931 bits per heavy atom. The molecule has 1 heterocycles. The maximum Gasteiger partial charge on any atom is 0.233 e. The summed E-state index contributed by atoms with van der Waals surface area (Å²) in [6.07, 6.45) is 0.578. The fraction of sp³-hybridized carbons (Fsp3) is 0.200. The number of hydrogen-bond acceptors (Lipinski definition) is 3. The van der Waals surface area contributed by atoms with Crippen molar-refractivity contribution in [2.45, 2.75) is 25.3 Å². The molecule has 29 heavy (non-hydrogen) atoms. The van der Waals surface area contributed by atoms with Crippen LogP contribution in [0.3, 0.4) is 0 Å². The zero-order chi connectivity index (χ0) is 20.3. The van der Waals surface area contributed by atoms with Crippen molar-refractivity contribution in [1.82, 2.24) is 9.88 Å². The van der Waals surface area contributed by atoms with E-state index in [0.29, 0.717) is 13.0 Å². The normalized spacial score (nSPS) is 13.2. The van der Waals surface area contributed by atoms with Crippen molar-refractivity contribution in [1.29, 1.82) is 0 Å². The Labute approximate surface area is 175 Å². The van der Waals surface area contributed by atoms with Gasteiger partial charge in [-0.1, -0.05) is 72.8 Å². The van der Waals surface area contributed by atoms with Crippen molar-refractivity contribution >= 4 is 27.5 Å². The van der Waals surface area contributed by atoms with Gasteiger partial charge in [0.1, 0.15) is 0 Å². The molecule has 0 saturated carbocycles. The molecular weight excluding hydrogens is 376 g/mol. The Morgan fingerprint density at radius 3 is 2.24 bits per heavy atom. The van der Waals surface area contributed by atoms with E-state index < -0.39 is 5.41 Å². The third kappa shape index (κ3) is 4.08. The number of carbonyl (C=O) groups is 1. The van der Waals surface area contributed by atoms with Crippen LogP contribution < -0.4 is 0 Å². The largest absolute Gasteiger partial charge is 0.341 e. The topological polar surface area (TPSA) is 33.2 Å². The molecule has 0 spiro atoms. The molecule has 4 heteroatoms. The Morgan fingerprint density at radius 2 is 1.55 bits per heavy atom. The second kappa shape index (κ2) is 8.18. The summed E-state index contributed by atoms with van der Waals surface area (Å²) in [7, 11) is 1.88. The highest BCUT2D eigenvalue weighted by Gasteiger charge is 2.38. The highest BCUT2D eigenvalue weighted by Crippen LogP contribution is 2.33. The van der Waals surface area contributed by atoms with E-state index in [9.17, 15) is 4.79 Å². The van der Waals surface area contributed by atoms with Crippen LogP contribution in [-0.4, -0.2) is 22.8 Å². The molecule has 0 radical (unpaired) electrons. The molecular formula is C25H24N2OS. The molecule has 0 saturated heterocycles. The van der Waals surface area contributed by atoms with E-state index in [-0.39, 0.29) is 5.91 Å². The Kier molecular flexibility index (Phi) is 5.45. The highest BCUT2D eigenvalue weighted by atomic mass is 32.1. The predicted octanol–water partition coefficient (Wildman–Crippen LogP) is 5.46. The number of rotatable bonds is 6. The van der Waals surface area contributed by atoms with Gasteiger partial charge in [-0.05, 0) is 30.2 Å². The first-order valence-corrected chi connectivity index (χ1v) is 10.6. The highest BCUT2D eigenvalue weighted by molar-refractivity contribution is 7.18. The van der Waals surface area contributed by atoms with Crippen molar-refractivity contribution in [3.05, 3.63) is 101 Å². The number of nitrogens with zero attached hydrogens (tertiary/aromatic N) is 2. The van der Waals surface area contributed by atoms with E-state index in [1.807, 2.05) is 85.6 Å².